The van der Waals surface area contributed by atoms with E-state index in [4.69, 9.17) is 4.74 Å². The molecule has 1 amide bonds. The Labute approximate surface area is 189 Å². The highest BCUT2D eigenvalue weighted by molar-refractivity contribution is 5.74. The normalized spacial score (nSPS) is 21.1. The summed E-state index contributed by atoms with van der Waals surface area (Å²) in [6.07, 6.45) is 2.91. The van der Waals surface area contributed by atoms with E-state index >= 15 is 0 Å². The predicted octanol–water partition coefficient (Wildman–Crippen LogP) is 3.89. The third kappa shape index (κ3) is 5.46. The number of carbonyl (C=O) groups is 1. The van der Waals surface area contributed by atoms with Gasteiger partial charge in [-0.25, -0.2) is 9.18 Å². The summed E-state index contributed by atoms with van der Waals surface area (Å²) >= 11 is 0. The zero-order valence-electron chi connectivity index (χ0n) is 19.9. The largest absolute Gasteiger partial charge is 0.444 e. The Morgan fingerprint density at radius 2 is 1.88 bits per heavy atom. The maximum atomic E-state index is 13.7. The van der Waals surface area contributed by atoms with Crippen molar-refractivity contribution in [1.82, 2.24) is 19.4 Å². The van der Waals surface area contributed by atoms with Crippen LogP contribution in [0.1, 0.15) is 47.5 Å². The van der Waals surface area contributed by atoms with Gasteiger partial charge in [-0.3, -0.25) is 9.78 Å². The minimum Gasteiger partial charge on any atom is -0.444 e. The molecule has 0 aromatic carbocycles. The van der Waals surface area contributed by atoms with E-state index in [0.717, 1.165) is 38.7 Å². The predicted molar refractivity (Wildman–Crippen MR) is 123 cm³/mol. The van der Waals surface area contributed by atoms with Crippen LogP contribution in [0.5, 0.6) is 0 Å². The van der Waals surface area contributed by atoms with Gasteiger partial charge in [0.1, 0.15) is 11.4 Å². The summed E-state index contributed by atoms with van der Waals surface area (Å²) in [6.45, 7) is 14.1. The van der Waals surface area contributed by atoms with Crippen LogP contribution in [-0.2, 0) is 11.3 Å². The van der Waals surface area contributed by atoms with Crippen LogP contribution >= 0.6 is 0 Å². The van der Waals surface area contributed by atoms with Crippen LogP contribution in [0.2, 0.25) is 0 Å². The number of aromatic nitrogens is 2. The molecule has 1 spiro atoms. The van der Waals surface area contributed by atoms with Crippen LogP contribution in [0.4, 0.5) is 9.18 Å². The van der Waals surface area contributed by atoms with Crippen LogP contribution in [-0.4, -0.2) is 63.8 Å². The summed E-state index contributed by atoms with van der Waals surface area (Å²) in [6, 6.07) is 4.47. The lowest BCUT2D eigenvalue weighted by atomic mass is 9.86. The van der Waals surface area contributed by atoms with Crippen molar-refractivity contribution < 1.29 is 13.9 Å². The lowest BCUT2D eigenvalue weighted by molar-refractivity contribution is 0.0274. The van der Waals surface area contributed by atoms with Gasteiger partial charge in [-0.2, -0.15) is 0 Å². The topological polar surface area (TPSA) is 67.7 Å². The first-order chi connectivity index (χ1) is 15.1. The summed E-state index contributed by atoms with van der Waals surface area (Å²) < 4.78 is 20.8. The van der Waals surface area contributed by atoms with Crippen molar-refractivity contribution in [3.05, 3.63) is 40.6 Å². The summed E-state index contributed by atoms with van der Waals surface area (Å²) in [7, 11) is 0. The van der Waals surface area contributed by atoms with Crippen molar-refractivity contribution in [3.8, 4) is 0 Å². The van der Waals surface area contributed by atoms with E-state index in [1.807, 2.05) is 39.5 Å². The molecule has 2 aromatic heterocycles. The Balaban J connectivity index is 0.00000141. The number of amides is 1. The second-order valence-electron chi connectivity index (χ2n) is 9.56. The fourth-order valence-electron chi connectivity index (χ4n) is 4.58. The van der Waals surface area contributed by atoms with Crippen molar-refractivity contribution in [1.29, 1.82) is 0 Å². The van der Waals surface area contributed by atoms with Gasteiger partial charge in [-0.15, -0.1) is 0 Å². The van der Waals surface area contributed by atoms with Crippen molar-refractivity contribution in [2.24, 2.45) is 5.41 Å². The Hall–Kier alpha value is -2.48. The number of fused-ring (bicyclic) bond motifs is 1. The number of carbonyl (C=O) groups excluding carboxylic acids is 1. The van der Waals surface area contributed by atoms with Crippen molar-refractivity contribution >= 4 is 17.1 Å². The molecule has 8 heteroatoms. The van der Waals surface area contributed by atoms with Crippen molar-refractivity contribution in [2.75, 3.05) is 32.7 Å². The first-order valence-electron chi connectivity index (χ1n) is 11.5. The number of hydrogen-bond acceptors (Lipinski definition) is 5. The van der Waals surface area contributed by atoms with Crippen molar-refractivity contribution in [3.63, 3.8) is 0 Å². The zero-order chi connectivity index (χ0) is 23.5. The average molecular weight is 447 g/mol. The first-order valence-corrected chi connectivity index (χ1v) is 11.5. The quantitative estimate of drug-likeness (QED) is 0.716. The van der Waals surface area contributed by atoms with Gasteiger partial charge in [0.25, 0.3) is 5.56 Å². The summed E-state index contributed by atoms with van der Waals surface area (Å²) in [4.78, 5) is 33.0. The first kappa shape index (κ1) is 24.2. The molecule has 0 saturated carbocycles. The Bertz CT molecular complexity index is 1020. The average Bonchev–Trinajstić information content (AvgIpc) is 3.34. The van der Waals surface area contributed by atoms with E-state index in [1.165, 1.54) is 12.1 Å². The molecule has 0 N–H and O–H groups in total. The SMILES string of the molecule is CC.CC(C)(C)OC(=O)N1CCC2(CCN(CCn3c(=O)ccc4ncc(F)cc43)C2)C1. The van der Waals surface area contributed by atoms with E-state index in [9.17, 15) is 14.0 Å². The van der Waals surface area contributed by atoms with Crippen LogP contribution in [0.25, 0.3) is 11.0 Å². The molecular weight excluding hydrogens is 411 g/mol. The minimum absolute atomic E-state index is 0.0916. The smallest absolute Gasteiger partial charge is 0.410 e. The summed E-state index contributed by atoms with van der Waals surface area (Å²) in [5, 5.41) is 0. The number of nitrogens with zero attached hydrogens (tertiary/aromatic N) is 4. The highest BCUT2D eigenvalue weighted by Crippen LogP contribution is 2.39. The molecule has 2 aliphatic heterocycles. The molecule has 4 rings (SSSR count). The van der Waals surface area contributed by atoms with Gasteiger partial charge in [-0.05, 0) is 46.2 Å². The number of halogens is 1. The van der Waals surface area contributed by atoms with E-state index in [2.05, 4.69) is 9.88 Å². The molecule has 0 bridgehead atoms. The Kier molecular flexibility index (Phi) is 7.22. The lowest BCUT2D eigenvalue weighted by Crippen LogP contribution is -2.38. The summed E-state index contributed by atoms with van der Waals surface area (Å²) in [5.41, 5.74) is 0.579. The third-order valence-electron chi connectivity index (χ3n) is 6.05. The van der Waals surface area contributed by atoms with Gasteiger partial charge >= 0.3 is 6.09 Å². The van der Waals surface area contributed by atoms with Gasteiger partial charge in [-0.1, -0.05) is 13.8 Å². The van der Waals surface area contributed by atoms with Crippen LogP contribution in [0.3, 0.4) is 0 Å². The number of ether oxygens (including phenoxy) is 1. The number of rotatable bonds is 3. The van der Waals surface area contributed by atoms with E-state index in [-0.39, 0.29) is 17.1 Å². The van der Waals surface area contributed by atoms with Crippen LogP contribution < -0.4 is 5.56 Å². The van der Waals surface area contributed by atoms with Crippen molar-refractivity contribution in [2.45, 2.75) is 59.6 Å². The molecule has 2 fully saturated rings. The lowest BCUT2D eigenvalue weighted by Gasteiger charge is -2.27. The van der Waals surface area contributed by atoms with Crippen LogP contribution in [0.15, 0.2) is 29.2 Å². The van der Waals surface area contributed by atoms with Crippen LogP contribution in [0, 0.1) is 11.2 Å². The molecule has 32 heavy (non-hydrogen) atoms. The number of likely N-dealkylation sites (tertiary alicyclic amines) is 2. The highest BCUT2D eigenvalue weighted by Gasteiger charge is 2.45. The Morgan fingerprint density at radius 3 is 2.59 bits per heavy atom. The molecule has 2 saturated heterocycles. The molecule has 176 valence electrons. The minimum atomic E-state index is -0.491. The number of pyridine rings is 2. The standard InChI is InChI=1S/C22H29FN4O3.C2H6/c1-21(2,3)30-20(29)26-9-7-22(15-26)6-8-25(14-22)10-11-27-18-12-16(23)13-24-17(18)4-5-19(27)28;1-2/h4-5,12-13H,6-11,14-15H2,1-3H3;1-2H3. The van der Waals surface area contributed by atoms with Gasteiger partial charge in [0.15, 0.2) is 0 Å². The Morgan fingerprint density at radius 1 is 1.16 bits per heavy atom. The molecule has 4 heterocycles. The highest BCUT2D eigenvalue weighted by atomic mass is 19.1. The molecule has 7 nitrogen and oxygen atoms in total. The second-order valence-corrected chi connectivity index (χ2v) is 9.56. The third-order valence-corrected chi connectivity index (χ3v) is 6.05. The molecule has 1 atom stereocenters. The molecule has 2 aliphatic rings. The zero-order valence-corrected chi connectivity index (χ0v) is 19.9. The molecular formula is C24H35FN4O3. The van der Waals surface area contributed by atoms with E-state index in [1.54, 1.807) is 10.6 Å². The summed E-state index contributed by atoms with van der Waals surface area (Å²) in [5.74, 6) is -0.449. The number of hydrogen-bond donors (Lipinski definition) is 0. The molecule has 1 unspecified atom stereocenters. The maximum absolute atomic E-state index is 13.7. The van der Waals surface area contributed by atoms with Gasteiger partial charge in [0, 0.05) is 50.3 Å². The van der Waals surface area contributed by atoms with E-state index in [0.29, 0.717) is 30.7 Å². The molecule has 0 aliphatic carbocycles. The molecule has 2 aromatic rings. The second kappa shape index (κ2) is 9.57. The fourth-order valence-corrected chi connectivity index (χ4v) is 4.58. The van der Waals surface area contributed by atoms with Gasteiger partial charge in [0.2, 0.25) is 0 Å². The van der Waals surface area contributed by atoms with E-state index < -0.39 is 11.4 Å². The van der Waals surface area contributed by atoms with Gasteiger partial charge < -0.3 is 19.1 Å². The molecule has 0 radical (unpaired) electrons. The monoisotopic (exact) mass is 446 g/mol. The maximum Gasteiger partial charge on any atom is 0.410 e. The van der Waals surface area contributed by atoms with Gasteiger partial charge in [0.05, 0.1) is 17.2 Å². The fraction of sp³-hybridized carbons (Fsp3) is 0.625.